The summed E-state index contributed by atoms with van der Waals surface area (Å²) in [7, 11) is 0. The fourth-order valence-corrected chi connectivity index (χ4v) is 1.67. The number of rotatable bonds is 8. The Kier molecular flexibility index (Phi) is 15.5. The Bertz CT molecular complexity index is 371. The Labute approximate surface area is 139 Å². The number of likely N-dealkylation sites (N-methyl/N-ethyl adjacent to an activating group) is 1. The zero-order valence-electron chi connectivity index (χ0n) is 13.7. The number of carboxylic acid groups (broad SMARTS) is 1. The van der Waals surface area contributed by atoms with Crippen molar-refractivity contribution in [1.82, 2.24) is 10.2 Å². The predicted octanol–water partition coefficient (Wildman–Crippen LogP) is 2.11. The molecule has 1 aromatic carbocycles. The number of aromatic carboxylic acids is 1. The van der Waals surface area contributed by atoms with Gasteiger partial charge in [-0.25, -0.2) is 4.79 Å². The SMILES string of the molecule is CCN(CC)CCNCC(C)O.Cl.O=C(O)c1ccccc1. The largest absolute Gasteiger partial charge is 0.478 e. The average Bonchev–Trinajstić information content (AvgIpc) is 2.49. The van der Waals surface area contributed by atoms with Crippen molar-refractivity contribution in [2.45, 2.75) is 26.9 Å². The van der Waals surface area contributed by atoms with Crippen LogP contribution < -0.4 is 5.32 Å². The van der Waals surface area contributed by atoms with Gasteiger partial charge in [-0.15, -0.1) is 12.4 Å². The molecule has 0 saturated carbocycles. The summed E-state index contributed by atoms with van der Waals surface area (Å²) in [5.41, 5.74) is 0.331. The summed E-state index contributed by atoms with van der Waals surface area (Å²) in [5, 5.41) is 20.5. The Morgan fingerprint density at radius 3 is 2.14 bits per heavy atom. The van der Waals surface area contributed by atoms with E-state index in [-0.39, 0.29) is 18.5 Å². The van der Waals surface area contributed by atoms with Crippen LogP contribution in [0.2, 0.25) is 0 Å². The highest BCUT2D eigenvalue weighted by Crippen LogP contribution is 1.96. The third kappa shape index (κ3) is 12.6. The molecule has 1 aromatic rings. The van der Waals surface area contributed by atoms with E-state index in [1.807, 2.05) is 0 Å². The summed E-state index contributed by atoms with van der Waals surface area (Å²) in [6, 6.07) is 8.30. The molecule has 0 aliphatic heterocycles. The smallest absolute Gasteiger partial charge is 0.335 e. The van der Waals surface area contributed by atoms with E-state index in [0.717, 1.165) is 26.2 Å². The fourth-order valence-electron chi connectivity index (χ4n) is 1.67. The minimum atomic E-state index is -0.879. The van der Waals surface area contributed by atoms with Crippen LogP contribution in [0.4, 0.5) is 0 Å². The van der Waals surface area contributed by atoms with E-state index in [1.54, 1.807) is 37.3 Å². The van der Waals surface area contributed by atoms with Crippen molar-refractivity contribution < 1.29 is 15.0 Å². The van der Waals surface area contributed by atoms with Gasteiger partial charge < -0.3 is 20.4 Å². The third-order valence-corrected chi connectivity index (χ3v) is 2.96. The Morgan fingerprint density at radius 2 is 1.77 bits per heavy atom. The monoisotopic (exact) mass is 332 g/mol. The maximum Gasteiger partial charge on any atom is 0.335 e. The maximum atomic E-state index is 10.2. The second kappa shape index (κ2) is 14.8. The topological polar surface area (TPSA) is 72.8 Å². The molecule has 0 fully saturated rings. The molecule has 128 valence electrons. The lowest BCUT2D eigenvalue weighted by Gasteiger charge is -2.18. The van der Waals surface area contributed by atoms with E-state index in [1.165, 1.54) is 0 Å². The van der Waals surface area contributed by atoms with Crippen LogP contribution in [0.15, 0.2) is 30.3 Å². The first kappa shape index (κ1) is 23.1. The molecule has 0 bridgehead atoms. The number of carbonyl (C=O) groups is 1. The molecule has 22 heavy (non-hydrogen) atoms. The molecule has 0 amide bonds. The minimum Gasteiger partial charge on any atom is -0.478 e. The lowest BCUT2D eigenvalue weighted by atomic mass is 10.2. The second-order valence-electron chi connectivity index (χ2n) is 4.75. The molecule has 6 heteroatoms. The predicted molar refractivity (Wildman–Crippen MR) is 93.0 cm³/mol. The van der Waals surface area contributed by atoms with Crippen molar-refractivity contribution >= 4 is 18.4 Å². The molecule has 0 aromatic heterocycles. The Morgan fingerprint density at radius 1 is 1.23 bits per heavy atom. The molecule has 1 atom stereocenters. The summed E-state index contributed by atoms with van der Waals surface area (Å²) < 4.78 is 0. The number of hydrogen-bond donors (Lipinski definition) is 3. The van der Waals surface area contributed by atoms with E-state index < -0.39 is 5.97 Å². The van der Waals surface area contributed by atoms with Gasteiger partial charge in [0.25, 0.3) is 0 Å². The van der Waals surface area contributed by atoms with E-state index in [0.29, 0.717) is 12.1 Å². The first-order chi connectivity index (χ1) is 10.0. The number of aliphatic hydroxyl groups is 1. The van der Waals surface area contributed by atoms with Crippen molar-refractivity contribution in [3.8, 4) is 0 Å². The molecule has 0 radical (unpaired) electrons. The van der Waals surface area contributed by atoms with Crippen molar-refractivity contribution in [2.24, 2.45) is 0 Å². The molecule has 0 aliphatic carbocycles. The number of halogens is 1. The average molecular weight is 333 g/mol. The van der Waals surface area contributed by atoms with Gasteiger partial charge in [0.05, 0.1) is 11.7 Å². The van der Waals surface area contributed by atoms with Gasteiger partial charge in [0.1, 0.15) is 0 Å². The lowest BCUT2D eigenvalue weighted by molar-refractivity contribution is 0.0697. The quantitative estimate of drug-likeness (QED) is 0.636. The fraction of sp³-hybridized carbons (Fsp3) is 0.562. The minimum absolute atomic E-state index is 0. The van der Waals surface area contributed by atoms with E-state index in [4.69, 9.17) is 10.2 Å². The number of aliphatic hydroxyl groups excluding tert-OH is 1. The molecule has 0 heterocycles. The van der Waals surface area contributed by atoms with Gasteiger partial charge in [-0.1, -0.05) is 32.0 Å². The molecule has 5 nitrogen and oxygen atoms in total. The van der Waals surface area contributed by atoms with Crippen molar-refractivity contribution in [3.05, 3.63) is 35.9 Å². The van der Waals surface area contributed by atoms with Crippen LogP contribution >= 0.6 is 12.4 Å². The van der Waals surface area contributed by atoms with Gasteiger partial charge in [0.2, 0.25) is 0 Å². The van der Waals surface area contributed by atoms with Crippen LogP contribution in [0.3, 0.4) is 0 Å². The summed E-state index contributed by atoms with van der Waals surface area (Å²) in [4.78, 5) is 12.6. The van der Waals surface area contributed by atoms with Gasteiger partial charge in [-0.05, 0) is 32.1 Å². The molecule has 1 rings (SSSR count). The van der Waals surface area contributed by atoms with Crippen LogP contribution in [0.1, 0.15) is 31.1 Å². The van der Waals surface area contributed by atoms with Crippen LogP contribution in [0.5, 0.6) is 0 Å². The van der Waals surface area contributed by atoms with Crippen LogP contribution in [0.25, 0.3) is 0 Å². The molecule has 1 unspecified atom stereocenters. The second-order valence-corrected chi connectivity index (χ2v) is 4.75. The van der Waals surface area contributed by atoms with Crippen LogP contribution in [0, 0.1) is 0 Å². The highest BCUT2D eigenvalue weighted by atomic mass is 35.5. The molecular formula is C16H29ClN2O3. The van der Waals surface area contributed by atoms with Crippen LogP contribution in [-0.4, -0.2) is 59.9 Å². The standard InChI is InChI=1S/C9H22N2O.C7H6O2.ClH/c1-4-11(5-2)7-6-10-8-9(3)12;8-7(9)6-4-2-1-3-5-6;/h9-10,12H,4-8H2,1-3H3;1-5H,(H,8,9);1H. The van der Waals surface area contributed by atoms with Gasteiger partial charge in [-0.2, -0.15) is 0 Å². The normalized spacial score (nSPS) is 11.1. The first-order valence-corrected chi connectivity index (χ1v) is 7.40. The zero-order valence-corrected chi connectivity index (χ0v) is 14.5. The summed E-state index contributed by atoms with van der Waals surface area (Å²) in [6.45, 7) is 11.1. The zero-order chi connectivity index (χ0) is 16.1. The van der Waals surface area contributed by atoms with Gasteiger partial charge in [0.15, 0.2) is 0 Å². The van der Waals surface area contributed by atoms with E-state index in [9.17, 15) is 4.79 Å². The molecule has 0 spiro atoms. The maximum absolute atomic E-state index is 10.2. The first-order valence-electron chi connectivity index (χ1n) is 7.40. The van der Waals surface area contributed by atoms with E-state index in [2.05, 4.69) is 24.1 Å². The lowest BCUT2D eigenvalue weighted by Crippen LogP contribution is -2.34. The highest BCUT2D eigenvalue weighted by molar-refractivity contribution is 5.87. The summed E-state index contributed by atoms with van der Waals surface area (Å²) >= 11 is 0. The molecular weight excluding hydrogens is 304 g/mol. The highest BCUT2D eigenvalue weighted by Gasteiger charge is 1.98. The molecule has 0 saturated heterocycles. The van der Waals surface area contributed by atoms with Crippen molar-refractivity contribution in [3.63, 3.8) is 0 Å². The number of benzene rings is 1. The molecule has 3 N–H and O–H groups in total. The Hall–Kier alpha value is -1.14. The summed E-state index contributed by atoms with van der Waals surface area (Å²) in [6.07, 6.45) is -0.235. The summed E-state index contributed by atoms with van der Waals surface area (Å²) in [5.74, 6) is -0.879. The molecule has 0 aliphatic rings. The van der Waals surface area contributed by atoms with Gasteiger partial charge in [0, 0.05) is 19.6 Å². The Balaban J connectivity index is 0. The van der Waals surface area contributed by atoms with Crippen molar-refractivity contribution in [2.75, 3.05) is 32.7 Å². The van der Waals surface area contributed by atoms with Gasteiger partial charge in [-0.3, -0.25) is 0 Å². The van der Waals surface area contributed by atoms with Crippen LogP contribution in [-0.2, 0) is 0 Å². The number of nitrogens with one attached hydrogen (secondary N) is 1. The number of carboxylic acids is 1. The van der Waals surface area contributed by atoms with Crippen molar-refractivity contribution in [1.29, 1.82) is 0 Å². The van der Waals surface area contributed by atoms with E-state index >= 15 is 0 Å². The third-order valence-electron chi connectivity index (χ3n) is 2.96. The van der Waals surface area contributed by atoms with Gasteiger partial charge >= 0.3 is 5.97 Å². The number of hydrogen-bond acceptors (Lipinski definition) is 4. The number of nitrogens with zero attached hydrogens (tertiary/aromatic N) is 1.